The molecule has 160 valence electrons. The van der Waals surface area contributed by atoms with Crippen LogP contribution in [0.3, 0.4) is 0 Å². The van der Waals surface area contributed by atoms with Crippen LogP contribution in [0.4, 0.5) is 4.79 Å². The predicted octanol–water partition coefficient (Wildman–Crippen LogP) is 4.58. The Balaban J connectivity index is 1.39. The Morgan fingerprint density at radius 3 is 2.87 bits per heavy atom. The number of hydrogen-bond donors (Lipinski definition) is 1. The fourth-order valence-electron chi connectivity index (χ4n) is 3.97. The Labute approximate surface area is 186 Å². The highest BCUT2D eigenvalue weighted by molar-refractivity contribution is 6.42. The molecule has 1 aromatic heterocycles. The lowest BCUT2D eigenvalue weighted by molar-refractivity contribution is 0.0659. The number of urea groups is 1. The topological polar surface area (TPSA) is 67.4 Å². The van der Waals surface area contributed by atoms with Crippen LogP contribution >= 0.6 is 23.2 Å². The van der Waals surface area contributed by atoms with Crippen LogP contribution in [0.25, 0.3) is 0 Å². The molecule has 4 rings (SSSR count). The van der Waals surface area contributed by atoms with Crippen molar-refractivity contribution in [3.8, 4) is 0 Å². The molecule has 2 aliphatic heterocycles. The van der Waals surface area contributed by atoms with Gasteiger partial charge >= 0.3 is 6.03 Å². The second-order valence-electron chi connectivity index (χ2n) is 8.03. The van der Waals surface area contributed by atoms with Crippen molar-refractivity contribution in [1.82, 2.24) is 20.2 Å². The molecule has 2 aromatic rings. The van der Waals surface area contributed by atoms with E-state index in [-0.39, 0.29) is 12.1 Å². The quantitative estimate of drug-likeness (QED) is 0.742. The van der Waals surface area contributed by atoms with Crippen molar-refractivity contribution in [3.63, 3.8) is 0 Å². The van der Waals surface area contributed by atoms with Crippen LogP contribution in [0.15, 0.2) is 24.4 Å². The maximum absolute atomic E-state index is 12.8. The molecule has 3 heterocycles. The van der Waals surface area contributed by atoms with Crippen LogP contribution in [0.2, 0.25) is 10.0 Å². The van der Waals surface area contributed by atoms with Crippen LogP contribution in [-0.4, -0.2) is 40.7 Å². The van der Waals surface area contributed by atoms with Gasteiger partial charge < -0.3 is 15.0 Å². The summed E-state index contributed by atoms with van der Waals surface area (Å²) >= 11 is 12.1. The minimum atomic E-state index is -0.178. The number of hydrogen-bond acceptors (Lipinski definition) is 4. The summed E-state index contributed by atoms with van der Waals surface area (Å²) in [5, 5.41) is 4.04. The Bertz CT molecular complexity index is 918. The summed E-state index contributed by atoms with van der Waals surface area (Å²) in [6.45, 7) is 4.72. The van der Waals surface area contributed by atoms with Gasteiger partial charge in [-0.25, -0.2) is 14.8 Å². The van der Waals surface area contributed by atoms with Crippen LogP contribution < -0.4 is 5.32 Å². The highest BCUT2D eigenvalue weighted by atomic mass is 35.5. The molecule has 0 saturated carbocycles. The second-order valence-corrected chi connectivity index (χ2v) is 8.85. The smallest absolute Gasteiger partial charge is 0.318 e. The van der Waals surface area contributed by atoms with Gasteiger partial charge in [0.05, 0.1) is 28.3 Å². The normalized spacial score (nSPS) is 18.0. The SMILES string of the molecule is C[C@@H](NC(=O)N1CCc2cnc(CC3CCOCC3)nc2C1)c1ccc(Cl)c(Cl)c1. The number of ether oxygens (including phenoxy) is 1. The molecule has 1 aromatic carbocycles. The van der Waals surface area contributed by atoms with Gasteiger partial charge in [0.25, 0.3) is 0 Å². The summed E-state index contributed by atoms with van der Waals surface area (Å²) in [6.07, 6.45) is 5.69. The molecule has 2 amide bonds. The average molecular weight is 449 g/mol. The van der Waals surface area contributed by atoms with E-state index in [0.29, 0.717) is 29.1 Å². The first-order chi connectivity index (χ1) is 14.5. The van der Waals surface area contributed by atoms with Gasteiger partial charge in [0.2, 0.25) is 0 Å². The van der Waals surface area contributed by atoms with Gasteiger partial charge in [-0.05, 0) is 55.4 Å². The summed E-state index contributed by atoms with van der Waals surface area (Å²) in [4.78, 5) is 24.0. The van der Waals surface area contributed by atoms with Crippen molar-refractivity contribution >= 4 is 29.2 Å². The summed E-state index contributed by atoms with van der Waals surface area (Å²) in [5.41, 5.74) is 3.00. The van der Waals surface area contributed by atoms with Gasteiger partial charge in [-0.3, -0.25) is 0 Å². The van der Waals surface area contributed by atoms with E-state index in [0.717, 1.165) is 61.5 Å². The maximum atomic E-state index is 12.8. The lowest BCUT2D eigenvalue weighted by Crippen LogP contribution is -2.44. The largest absolute Gasteiger partial charge is 0.381 e. The van der Waals surface area contributed by atoms with Gasteiger partial charge in [0, 0.05) is 32.4 Å². The standard InChI is InChI=1S/C22H26Cl2N4O2/c1-14(16-2-3-18(23)19(24)11-16)26-22(29)28-7-4-17-12-25-21(27-20(17)13-28)10-15-5-8-30-9-6-15/h2-3,11-12,14-15H,4-10,13H2,1H3,(H,26,29)/t14-/m1/s1. The zero-order valence-corrected chi connectivity index (χ0v) is 18.5. The number of nitrogens with one attached hydrogen (secondary N) is 1. The number of amides is 2. The molecule has 30 heavy (non-hydrogen) atoms. The number of aromatic nitrogens is 2. The molecule has 1 atom stereocenters. The zero-order valence-electron chi connectivity index (χ0n) is 17.0. The first-order valence-corrected chi connectivity index (χ1v) is 11.2. The average Bonchev–Trinajstić information content (AvgIpc) is 2.75. The minimum Gasteiger partial charge on any atom is -0.381 e. The lowest BCUT2D eigenvalue weighted by atomic mass is 9.96. The lowest BCUT2D eigenvalue weighted by Gasteiger charge is -2.30. The molecule has 1 N–H and O–H groups in total. The van der Waals surface area contributed by atoms with E-state index in [1.807, 2.05) is 24.1 Å². The monoisotopic (exact) mass is 448 g/mol. The second kappa shape index (κ2) is 9.50. The first-order valence-electron chi connectivity index (χ1n) is 10.4. The third kappa shape index (κ3) is 5.05. The molecule has 2 aliphatic rings. The third-order valence-corrected chi connectivity index (χ3v) is 6.62. The Kier molecular flexibility index (Phi) is 6.76. The minimum absolute atomic E-state index is 0.108. The van der Waals surface area contributed by atoms with E-state index >= 15 is 0 Å². The molecule has 0 bridgehead atoms. The Morgan fingerprint density at radius 1 is 1.30 bits per heavy atom. The van der Waals surface area contributed by atoms with Gasteiger partial charge in [0.15, 0.2) is 0 Å². The van der Waals surface area contributed by atoms with Crippen molar-refractivity contribution in [3.05, 3.63) is 57.1 Å². The summed E-state index contributed by atoms with van der Waals surface area (Å²) < 4.78 is 5.44. The van der Waals surface area contributed by atoms with Crippen LogP contribution in [-0.2, 0) is 24.1 Å². The number of rotatable bonds is 4. The maximum Gasteiger partial charge on any atom is 0.318 e. The van der Waals surface area contributed by atoms with Crippen molar-refractivity contribution in [2.45, 2.75) is 45.2 Å². The highest BCUT2D eigenvalue weighted by Crippen LogP contribution is 2.26. The molecule has 0 unspecified atom stereocenters. The molecule has 1 fully saturated rings. The predicted molar refractivity (Wildman–Crippen MR) is 117 cm³/mol. The fraction of sp³-hybridized carbons (Fsp3) is 0.500. The van der Waals surface area contributed by atoms with Crippen LogP contribution in [0.5, 0.6) is 0 Å². The van der Waals surface area contributed by atoms with Crippen LogP contribution in [0.1, 0.15) is 48.5 Å². The van der Waals surface area contributed by atoms with E-state index in [2.05, 4.69) is 10.3 Å². The molecular weight excluding hydrogens is 423 g/mol. The van der Waals surface area contributed by atoms with Crippen molar-refractivity contribution < 1.29 is 9.53 Å². The summed E-state index contributed by atoms with van der Waals surface area (Å²) in [5.74, 6) is 1.44. The number of benzene rings is 1. The van der Waals surface area contributed by atoms with Crippen LogP contribution in [0, 0.1) is 5.92 Å². The van der Waals surface area contributed by atoms with Crippen molar-refractivity contribution in [1.29, 1.82) is 0 Å². The first kappa shape index (κ1) is 21.3. The molecule has 0 aliphatic carbocycles. The van der Waals surface area contributed by atoms with Gasteiger partial charge in [-0.15, -0.1) is 0 Å². The van der Waals surface area contributed by atoms with Gasteiger partial charge in [-0.1, -0.05) is 29.3 Å². The molecular formula is C22H26Cl2N4O2. The Morgan fingerprint density at radius 2 is 2.10 bits per heavy atom. The van der Waals surface area contributed by atoms with Crippen molar-refractivity contribution in [2.75, 3.05) is 19.8 Å². The number of nitrogens with zero attached hydrogens (tertiary/aromatic N) is 3. The third-order valence-electron chi connectivity index (χ3n) is 5.88. The highest BCUT2D eigenvalue weighted by Gasteiger charge is 2.24. The van der Waals surface area contributed by atoms with E-state index in [1.54, 1.807) is 12.1 Å². The van der Waals surface area contributed by atoms with Gasteiger partial charge in [-0.2, -0.15) is 0 Å². The Hall–Kier alpha value is -1.89. The van der Waals surface area contributed by atoms with E-state index in [9.17, 15) is 4.79 Å². The molecule has 0 spiro atoms. The number of fused-ring (bicyclic) bond motifs is 1. The molecule has 0 radical (unpaired) electrons. The molecule has 1 saturated heterocycles. The fourth-order valence-corrected chi connectivity index (χ4v) is 4.27. The summed E-state index contributed by atoms with van der Waals surface area (Å²) in [7, 11) is 0. The number of carbonyl (C=O) groups excluding carboxylic acids is 1. The van der Waals surface area contributed by atoms with E-state index in [1.165, 1.54) is 0 Å². The summed E-state index contributed by atoms with van der Waals surface area (Å²) in [6, 6.07) is 5.12. The molecule has 8 heteroatoms. The number of halogens is 2. The number of carbonyl (C=O) groups is 1. The molecule has 6 nitrogen and oxygen atoms in total. The van der Waals surface area contributed by atoms with E-state index < -0.39 is 0 Å². The van der Waals surface area contributed by atoms with Gasteiger partial charge in [0.1, 0.15) is 5.82 Å². The zero-order chi connectivity index (χ0) is 21.1. The van der Waals surface area contributed by atoms with Crippen molar-refractivity contribution in [2.24, 2.45) is 5.92 Å². The van der Waals surface area contributed by atoms with E-state index in [4.69, 9.17) is 32.9 Å².